The van der Waals surface area contributed by atoms with Gasteiger partial charge in [-0.1, -0.05) is 25.1 Å². The van der Waals surface area contributed by atoms with Crippen LogP contribution in [-0.2, 0) is 11.2 Å². The highest BCUT2D eigenvalue weighted by atomic mass is 16.5. The molecular formula is C12H16O3. The van der Waals surface area contributed by atoms with E-state index < -0.39 is 5.97 Å². The molecule has 0 aliphatic heterocycles. The van der Waals surface area contributed by atoms with E-state index in [1.807, 2.05) is 31.2 Å². The quantitative estimate of drug-likeness (QED) is 0.808. The maximum atomic E-state index is 10.5. The van der Waals surface area contributed by atoms with Gasteiger partial charge in [-0.3, -0.25) is 4.79 Å². The first kappa shape index (κ1) is 11.6. The zero-order valence-electron chi connectivity index (χ0n) is 9.06. The van der Waals surface area contributed by atoms with E-state index in [1.165, 1.54) is 0 Å². The number of benzene rings is 1. The van der Waals surface area contributed by atoms with Crippen molar-refractivity contribution in [1.29, 1.82) is 0 Å². The minimum atomic E-state index is -0.837. The van der Waals surface area contributed by atoms with Gasteiger partial charge in [0.05, 0.1) is 6.42 Å². The van der Waals surface area contributed by atoms with Gasteiger partial charge in [0.15, 0.2) is 0 Å². The fraction of sp³-hybridized carbons (Fsp3) is 0.417. The molecule has 1 aromatic carbocycles. The van der Waals surface area contributed by atoms with Crippen molar-refractivity contribution >= 4 is 5.97 Å². The van der Waals surface area contributed by atoms with E-state index in [9.17, 15) is 4.79 Å². The molecule has 0 amide bonds. The third kappa shape index (κ3) is 3.62. The fourth-order valence-corrected chi connectivity index (χ4v) is 1.42. The molecule has 0 saturated heterocycles. The second kappa shape index (κ2) is 5.39. The molecule has 3 heteroatoms. The lowest BCUT2D eigenvalue weighted by molar-refractivity contribution is -0.138. The van der Waals surface area contributed by atoms with Crippen LogP contribution in [0.25, 0.3) is 0 Å². The van der Waals surface area contributed by atoms with Crippen molar-refractivity contribution in [1.82, 2.24) is 0 Å². The van der Waals surface area contributed by atoms with Crippen LogP contribution in [0.2, 0.25) is 0 Å². The molecule has 0 bridgehead atoms. The summed E-state index contributed by atoms with van der Waals surface area (Å²) in [6, 6.07) is 7.70. The SMILES string of the molecule is CCc1ccccc1O[C@@H](C)CC(=O)O. The predicted octanol–water partition coefficient (Wildman–Crippen LogP) is 2.49. The van der Waals surface area contributed by atoms with Crippen molar-refractivity contribution in [3.8, 4) is 5.75 Å². The zero-order chi connectivity index (χ0) is 11.3. The first-order valence-corrected chi connectivity index (χ1v) is 5.09. The fourth-order valence-electron chi connectivity index (χ4n) is 1.42. The van der Waals surface area contributed by atoms with Crippen molar-refractivity contribution in [2.75, 3.05) is 0 Å². The number of carboxylic acid groups (broad SMARTS) is 1. The third-order valence-corrected chi connectivity index (χ3v) is 2.14. The molecule has 0 heterocycles. The van der Waals surface area contributed by atoms with Gasteiger partial charge in [0.25, 0.3) is 0 Å². The topological polar surface area (TPSA) is 46.5 Å². The molecule has 0 aliphatic carbocycles. The van der Waals surface area contributed by atoms with E-state index in [-0.39, 0.29) is 12.5 Å². The van der Waals surface area contributed by atoms with Crippen molar-refractivity contribution in [2.45, 2.75) is 32.8 Å². The summed E-state index contributed by atoms with van der Waals surface area (Å²) in [7, 11) is 0. The van der Waals surface area contributed by atoms with Gasteiger partial charge in [0, 0.05) is 0 Å². The number of carbonyl (C=O) groups is 1. The largest absolute Gasteiger partial charge is 0.490 e. The number of hydrogen-bond acceptors (Lipinski definition) is 2. The van der Waals surface area contributed by atoms with Crippen LogP contribution in [-0.4, -0.2) is 17.2 Å². The summed E-state index contributed by atoms with van der Waals surface area (Å²) in [5, 5.41) is 8.61. The van der Waals surface area contributed by atoms with Gasteiger partial charge in [0.1, 0.15) is 11.9 Å². The Morgan fingerprint density at radius 3 is 2.73 bits per heavy atom. The summed E-state index contributed by atoms with van der Waals surface area (Å²) in [5.41, 5.74) is 1.11. The number of rotatable bonds is 5. The van der Waals surface area contributed by atoms with Crippen LogP contribution in [0.4, 0.5) is 0 Å². The highest BCUT2D eigenvalue weighted by Gasteiger charge is 2.10. The monoisotopic (exact) mass is 208 g/mol. The lowest BCUT2D eigenvalue weighted by atomic mass is 10.1. The highest BCUT2D eigenvalue weighted by molar-refractivity contribution is 5.67. The predicted molar refractivity (Wildman–Crippen MR) is 58.2 cm³/mol. The Labute approximate surface area is 89.7 Å². The third-order valence-electron chi connectivity index (χ3n) is 2.14. The van der Waals surface area contributed by atoms with Crippen LogP contribution in [0, 0.1) is 0 Å². The van der Waals surface area contributed by atoms with Crippen molar-refractivity contribution in [2.24, 2.45) is 0 Å². The molecule has 0 aliphatic rings. The number of aliphatic carboxylic acids is 1. The minimum absolute atomic E-state index is 0.0258. The number of para-hydroxylation sites is 1. The van der Waals surface area contributed by atoms with Gasteiger partial charge in [0.2, 0.25) is 0 Å². The van der Waals surface area contributed by atoms with Crippen LogP contribution >= 0.6 is 0 Å². The maximum Gasteiger partial charge on any atom is 0.307 e. The van der Waals surface area contributed by atoms with E-state index in [4.69, 9.17) is 9.84 Å². The lowest BCUT2D eigenvalue weighted by Crippen LogP contribution is -2.17. The van der Waals surface area contributed by atoms with E-state index in [1.54, 1.807) is 6.92 Å². The van der Waals surface area contributed by atoms with Crippen molar-refractivity contribution < 1.29 is 14.6 Å². The van der Waals surface area contributed by atoms with E-state index in [2.05, 4.69) is 0 Å². The van der Waals surface area contributed by atoms with E-state index >= 15 is 0 Å². The summed E-state index contributed by atoms with van der Waals surface area (Å²) >= 11 is 0. The Hall–Kier alpha value is -1.51. The molecule has 1 N–H and O–H groups in total. The molecule has 0 aromatic heterocycles. The molecule has 1 rings (SSSR count). The van der Waals surface area contributed by atoms with Gasteiger partial charge < -0.3 is 9.84 Å². The number of hydrogen-bond donors (Lipinski definition) is 1. The zero-order valence-corrected chi connectivity index (χ0v) is 9.06. The van der Waals surface area contributed by atoms with E-state index in [0.717, 1.165) is 17.7 Å². The van der Waals surface area contributed by atoms with Crippen molar-refractivity contribution in [3.05, 3.63) is 29.8 Å². The van der Waals surface area contributed by atoms with Crippen molar-refractivity contribution in [3.63, 3.8) is 0 Å². The molecule has 0 unspecified atom stereocenters. The summed E-state index contributed by atoms with van der Waals surface area (Å²) < 4.78 is 5.57. The van der Waals surface area contributed by atoms with E-state index in [0.29, 0.717) is 0 Å². The molecule has 1 aromatic rings. The smallest absolute Gasteiger partial charge is 0.307 e. The Morgan fingerprint density at radius 1 is 1.47 bits per heavy atom. The van der Waals surface area contributed by atoms with Crippen LogP contribution in [0.1, 0.15) is 25.8 Å². The van der Waals surface area contributed by atoms with Gasteiger partial charge in [-0.15, -0.1) is 0 Å². The van der Waals surface area contributed by atoms with Crippen LogP contribution in [0.3, 0.4) is 0 Å². The average molecular weight is 208 g/mol. The highest BCUT2D eigenvalue weighted by Crippen LogP contribution is 2.20. The number of carboxylic acids is 1. The Bertz CT molecular complexity index is 333. The van der Waals surface area contributed by atoms with Crippen LogP contribution in [0.15, 0.2) is 24.3 Å². The summed E-state index contributed by atoms with van der Waals surface area (Å²) in [6.07, 6.45) is 0.615. The lowest BCUT2D eigenvalue weighted by Gasteiger charge is -2.15. The molecule has 1 atom stereocenters. The molecule has 0 spiro atoms. The first-order valence-electron chi connectivity index (χ1n) is 5.09. The Kier molecular flexibility index (Phi) is 4.16. The molecular weight excluding hydrogens is 192 g/mol. The van der Waals surface area contributed by atoms with Gasteiger partial charge in [-0.25, -0.2) is 0 Å². The molecule has 0 saturated carbocycles. The molecule has 3 nitrogen and oxygen atoms in total. The van der Waals surface area contributed by atoms with Gasteiger partial charge >= 0.3 is 5.97 Å². The minimum Gasteiger partial charge on any atom is -0.490 e. The molecule has 82 valence electrons. The summed E-state index contributed by atoms with van der Waals surface area (Å²) in [5.74, 6) is -0.0507. The van der Waals surface area contributed by atoms with Crippen LogP contribution in [0.5, 0.6) is 5.75 Å². The Balaban J connectivity index is 2.67. The molecule has 0 fully saturated rings. The molecule has 15 heavy (non-hydrogen) atoms. The van der Waals surface area contributed by atoms with Gasteiger partial charge in [-0.2, -0.15) is 0 Å². The second-order valence-corrected chi connectivity index (χ2v) is 3.49. The number of aryl methyl sites for hydroxylation is 1. The first-order chi connectivity index (χ1) is 7.13. The summed E-state index contributed by atoms with van der Waals surface area (Å²) in [4.78, 5) is 10.5. The standard InChI is InChI=1S/C12H16O3/c1-3-10-6-4-5-7-11(10)15-9(2)8-12(13)14/h4-7,9H,3,8H2,1-2H3,(H,13,14)/t9-/m0/s1. The average Bonchev–Trinajstić information content (AvgIpc) is 2.17. The maximum absolute atomic E-state index is 10.5. The van der Waals surface area contributed by atoms with Gasteiger partial charge in [-0.05, 0) is 25.0 Å². The summed E-state index contributed by atoms with van der Waals surface area (Å²) in [6.45, 7) is 3.81. The number of ether oxygens (including phenoxy) is 1. The normalized spacial score (nSPS) is 12.1. The Morgan fingerprint density at radius 2 is 2.13 bits per heavy atom. The van der Waals surface area contributed by atoms with Crippen LogP contribution < -0.4 is 4.74 Å². The molecule has 0 radical (unpaired) electrons. The second-order valence-electron chi connectivity index (χ2n) is 3.49.